The van der Waals surface area contributed by atoms with E-state index >= 15 is 0 Å². The standard InChI is InChI=1S/C25H27N3O4/c1-18-7-9-19(10-8-18)11-12-22(29)26-13-4-14-27(16-15-26)23(30)17-28-24(31)20-5-2-3-6-21(20)25(28)32/h2-3,5-10H,4,11-17H2,1H3. The predicted octanol–water partition coefficient (Wildman–Crippen LogP) is 2.28. The summed E-state index contributed by atoms with van der Waals surface area (Å²) in [5, 5.41) is 0. The van der Waals surface area contributed by atoms with Crippen LogP contribution in [0.2, 0.25) is 0 Å². The molecule has 7 nitrogen and oxygen atoms in total. The van der Waals surface area contributed by atoms with Crippen molar-refractivity contribution < 1.29 is 19.2 Å². The number of carbonyl (C=O) groups excluding carboxylic acids is 4. The lowest BCUT2D eigenvalue weighted by Crippen LogP contribution is -2.44. The van der Waals surface area contributed by atoms with Gasteiger partial charge >= 0.3 is 0 Å². The van der Waals surface area contributed by atoms with Gasteiger partial charge in [-0.3, -0.25) is 24.1 Å². The number of imide groups is 1. The molecule has 4 amide bonds. The molecule has 2 heterocycles. The first-order valence-corrected chi connectivity index (χ1v) is 11.0. The number of hydrogen-bond acceptors (Lipinski definition) is 4. The molecule has 0 saturated carbocycles. The third kappa shape index (κ3) is 4.56. The Morgan fingerprint density at radius 2 is 1.34 bits per heavy atom. The Morgan fingerprint density at radius 3 is 1.94 bits per heavy atom. The fourth-order valence-electron chi connectivity index (χ4n) is 4.20. The summed E-state index contributed by atoms with van der Waals surface area (Å²) in [6.45, 7) is 3.73. The summed E-state index contributed by atoms with van der Waals surface area (Å²) in [5.41, 5.74) is 3.01. The molecule has 0 aliphatic carbocycles. The summed E-state index contributed by atoms with van der Waals surface area (Å²) in [6.07, 6.45) is 1.80. The molecular formula is C25H27N3O4. The zero-order valence-electron chi connectivity index (χ0n) is 18.3. The van der Waals surface area contributed by atoms with Crippen LogP contribution in [0.4, 0.5) is 0 Å². The number of benzene rings is 2. The van der Waals surface area contributed by atoms with Crippen LogP contribution in [-0.4, -0.2) is 71.1 Å². The molecule has 4 rings (SSSR count). The molecule has 1 saturated heterocycles. The maximum Gasteiger partial charge on any atom is 0.262 e. The SMILES string of the molecule is Cc1ccc(CCC(=O)N2CCCN(C(=O)CN3C(=O)c4ccccc4C3=O)CC2)cc1. The second-order valence-corrected chi connectivity index (χ2v) is 8.34. The van der Waals surface area contributed by atoms with Crippen molar-refractivity contribution in [3.05, 3.63) is 70.8 Å². The Labute approximate surface area is 187 Å². The van der Waals surface area contributed by atoms with Crippen LogP contribution < -0.4 is 0 Å². The van der Waals surface area contributed by atoms with Crippen molar-refractivity contribution in [2.45, 2.75) is 26.2 Å². The molecule has 7 heteroatoms. The zero-order valence-corrected chi connectivity index (χ0v) is 18.3. The molecule has 2 aliphatic heterocycles. The predicted molar refractivity (Wildman–Crippen MR) is 119 cm³/mol. The Bertz CT molecular complexity index is 1010. The molecule has 0 aromatic heterocycles. The number of aryl methyl sites for hydroxylation is 2. The Balaban J connectivity index is 1.30. The van der Waals surface area contributed by atoms with Gasteiger partial charge in [0, 0.05) is 32.6 Å². The van der Waals surface area contributed by atoms with Gasteiger partial charge < -0.3 is 9.80 Å². The Kier molecular flexibility index (Phi) is 6.35. The van der Waals surface area contributed by atoms with E-state index in [1.807, 2.05) is 36.1 Å². The molecule has 0 atom stereocenters. The maximum atomic E-state index is 12.8. The van der Waals surface area contributed by atoms with Crippen molar-refractivity contribution in [2.24, 2.45) is 0 Å². The highest BCUT2D eigenvalue weighted by atomic mass is 16.2. The first-order chi connectivity index (χ1) is 15.4. The monoisotopic (exact) mass is 433 g/mol. The third-order valence-electron chi connectivity index (χ3n) is 6.12. The summed E-state index contributed by atoms with van der Waals surface area (Å²) in [7, 11) is 0. The van der Waals surface area contributed by atoms with Crippen molar-refractivity contribution in [3.8, 4) is 0 Å². The van der Waals surface area contributed by atoms with Crippen molar-refractivity contribution in [2.75, 3.05) is 32.7 Å². The van der Waals surface area contributed by atoms with E-state index in [1.54, 1.807) is 29.2 Å². The molecule has 0 unspecified atom stereocenters. The molecular weight excluding hydrogens is 406 g/mol. The molecule has 0 bridgehead atoms. The number of rotatable bonds is 5. The Morgan fingerprint density at radius 1 is 0.781 bits per heavy atom. The van der Waals surface area contributed by atoms with Crippen LogP contribution >= 0.6 is 0 Å². The minimum atomic E-state index is -0.429. The lowest BCUT2D eigenvalue weighted by Gasteiger charge is -2.24. The van der Waals surface area contributed by atoms with Gasteiger partial charge in [0.15, 0.2) is 0 Å². The van der Waals surface area contributed by atoms with Crippen molar-refractivity contribution in [3.63, 3.8) is 0 Å². The largest absolute Gasteiger partial charge is 0.341 e. The highest BCUT2D eigenvalue weighted by Gasteiger charge is 2.37. The Hall–Kier alpha value is -3.48. The molecule has 0 N–H and O–H groups in total. The number of hydrogen-bond donors (Lipinski definition) is 0. The second-order valence-electron chi connectivity index (χ2n) is 8.34. The van der Waals surface area contributed by atoms with E-state index in [9.17, 15) is 19.2 Å². The van der Waals surface area contributed by atoms with Gasteiger partial charge in [0.05, 0.1) is 11.1 Å². The minimum Gasteiger partial charge on any atom is -0.341 e. The molecule has 2 aliphatic rings. The van der Waals surface area contributed by atoms with Crippen molar-refractivity contribution in [1.29, 1.82) is 0 Å². The first kappa shape index (κ1) is 21.7. The van der Waals surface area contributed by atoms with E-state index < -0.39 is 11.8 Å². The van der Waals surface area contributed by atoms with Crippen LogP contribution in [0.5, 0.6) is 0 Å². The lowest BCUT2D eigenvalue weighted by molar-refractivity contribution is -0.133. The van der Waals surface area contributed by atoms with Crippen LogP contribution in [0.3, 0.4) is 0 Å². The van der Waals surface area contributed by atoms with E-state index in [4.69, 9.17) is 0 Å². The van der Waals surface area contributed by atoms with Crippen LogP contribution in [-0.2, 0) is 16.0 Å². The number of fused-ring (bicyclic) bond motifs is 1. The zero-order chi connectivity index (χ0) is 22.7. The summed E-state index contributed by atoms with van der Waals surface area (Å²) in [4.78, 5) is 55.0. The van der Waals surface area contributed by atoms with Crippen molar-refractivity contribution >= 4 is 23.6 Å². The van der Waals surface area contributed by atoms with Gasteiger partial charge in [0.1, 0.15) is 6.54 Å². The fraction of sp³-hybridized carbons (Fsp3) is 0.360. The van der Waals surface area contributed by atoms with Crippen LogP contribution in [0.15, 0.2) is 48.5 Å². The van der Waals surface area contributed by atoms with Gasteiger partial charge in [-0.2, -0.15) is 0 Å². The molecule has 0 radical (unpaired) electrons. The molecule has 2 aromatic carbocycles. The summed E-state index contributed by atoms with van der Waals surface area (Å²) < 4.78 is 0. The van der Waals surface area contributed by atoms with E-state index in [0.717, 1.165) is 10.5 Å². The van der Waals surface area contributed by atoms with Gasteiger partial charge in [-0.05, 0) is 37.5 Å². The highest BCUT2D eigenvalue weighted by molar-refractivity contribution is 6.22. The van der Waals surface area contributed by atoms with Crippen molar-refractivity contribution in [1.82, 2.24) is 14.7 Å². The van der Waals surface area contributed by atoms with E-state index in [0.29, 0.717) is 56.6 Å². The average molecular weight is 434 g/mol. The molecule has 2 aromatic rings. The number of nitrogens with zero attached hydrogens (tertiary/aromatic N) is 3. The van der Waals surface area contributed by atoms with Gasteiger partial charge in [-0.1, -0.05) is 42.0 Å². The van der Waals surface area contributed by atoms with Crippen LogP contribution in [0, 0.1) is 6.92 Å². The third-order valence-corrected chi connectivity index (χ3v) is 6.12. The normalized spacial score (nSPS) is 16.2. The summed E-state index contributed by atoms with van der Waals surface area (Å²) in [5.74, 6) is -1.04. The average Bonchev–Trinajstić information content (AvgIpc) is 2.97. The highest BCUT2D eigenvalue weighted by Crippen LogP contribution is 2.22. The molecule has 0 spiro atoms. The molecule has 32 heavy (non-hydrogen) atoms. The van der Waals surface area contributed by atoms with Gasteiger partial charge in [-0.15, -0.1) is 0 Å². The van der Waals surface area contributed by atoms with Crippen LogP contribution in [0.25, 0.3) is 0 Å². The van der Waals surface area contributed by atoms with Crippen LogP contribution in [0.1, 0.15) is 44.7 Å². The van der Waals surface area contributed by atoms with E-state index in [-0.39, 0.29) is 18.4 Å². The smallest absolute Gasteiger partial charge is 0.262 e. The quantitative estimate of drug-likeness (QED) is 0.678. The maximum absolute atomic E-state index is 12.8. The van der Waals surface area contributed by atoms with Gasteiger partial charge in [-0.25, -0.2) is 0 Å². The van der Waals surface area contributed by atoms with E-state index in [1.165, 1.54) is 5.56 Å². The van der Waals surface area contributed by atoms with Gasteiger partial charge in [0.25, 0.3) is 11.8 Å². The second kappa shape index (κ2) is 9.34. The molecule has 166 valence electrons. The fourth-order valence-corrected chi connectivity index (χ4v) is 4.20. The topological polar surface area (TPSA) is 78.0 Å². The number of amides is 4. The summed E-state index contributed by atoms with van der Waals surface area (Å²) in [6, 6.07) is 14.8. The first-order valence-electron chi connectivity index (χ1n) is 11.0. The summed E-state index contributed by atoms with van der Waals surface area (Å²) >= 11 is 0. The number of carbonyl (C=O) groups is 4. The van der Waals surface area contributed by atoms with E-state index in [2.05, 4.69) is 0 Å². The van der Waals surface area contributed by atoms with Gasteiger partial charge in [0.2, 0.25) is 11.8 Å². The molecule has 1 fully saturated rings. The minimum absolute atomic E-state index is 0.0835. The lowest BCUT2D eigenvalue weighted by atomic mass is 10.1.